The highest BCUT2D eigenvalue weighted by Crippen LogP contribution is 2.28. The average molecular weight is 380 g/mol. The summed E-state index contributed by atoms with van der Waals surface area (Å²) in [5.41, 5.74) is 6.80. The van der Waals surface area contributed by atoms with E-state index in [0.717, 1.165) is 17.3 Å². The summed E-state index contributed by atoms with van der Waals surface area (Å²) in [7, 11) is 0. The number of hydrogen-bond donors (Lipinski definition) is 3. The number of nitrogens with one attached hydrogen (secondary N) is 1. The number of rotatable bonds is 3. The monoisotopic (exact) mass is 378 g/mol. The summed E-state index contributed by atoms with van der Waals surface area (Å²) < 4.78 is 18.0. The molecule has 3 nitrogen and oxygen atoms in total. The summed E-state index contributed by atoms with van der Waals surface area (Å²) in [6, 6.07) is 3.56. The summed E-state index contributed by atoms with van der Waals surface area (Å²) in [4.78, 5) is 0. The third-order valence-electron chi connectivity index (χ3n) is 3.20. The molecular weight excluding hydrogens is 360 g/mol. The van der Waals surface area contributed by atoms with Crippen molar-refractivity contribution in [2.45, 2.75) is 44.3 Å². The molecule has 4 N–H and O–H groups in total. The lowest BCUT2D eigenvalue weighted by Gasteiger charge is -2.26. The van der Waals surface area contributed by atoms with Crippen LogP contribution >= 0.6 is 31.9 Å². The predicted octanol–water partition coefficient (Wildman–Crippen LogP) is 3.19. The Morgan fingerprint density at radius 1 is 1.33 bits per heavy atom. The van der Waals surface area contributed by atoms with E-state index >= 15 is 0 Å². The Balaban J connectivity index is 2.18. The maximum Gasteiger partial charge on any atom is 0.0541 e. The zero-order chi connectivity index (χ0) is 14.9. The van der Waals surface area contributed by atoms with Crippen molar-refractivity contribution in [3.05, 3.63) is 26.6 Å². The van der Waals surface area contributed by atoms with E-state index in [-0.39, 0.29) is 12.1 Å². The van der Waals surface area contributed by atoms with E-state index in [2.05, 4.69) is 37.2 Å². The normalized spacial score (nSPS) is 26.6. The molecule has 1 aromatic carbocycles. The van der Waals surface area contributed by atoms with Crippen LogP contribution in [0.25, 0.3) is 0 Å². The van der Waals surface area contributed by atoms with E-state index in [1.54, 1.807) is 12.1 Å². The van der Waals surface area contributed by atoms with Crippen LogP contribution < -0.4 is 11.1 Å². The van der Waals surface area contributed by atoms with Crippen LogP contribution in [0.5, 0.6) is 0 Å². The Hall–Kier alpha value is -0.100. The third kappa shape index (κ3) is 3.70. The quantitative estimate of drug-likeness (QED) is 0.707. The molecule has 1 aromatic rings. The first kappa shape index (κ1) is 11.7. The van der Waals surface area contributed by atoms with Gasteiger partial charge in [-0.2, -0.15) is 0 Å². The van der Waals surface area contributed by atoms with Crippen LogP contribution in [-0.2, 0) is 6.50 Å². The van der Waals surface area contributed by atoms with Crippen molar-refractivity contribution in [2.75, 3.05) is 5.73 Å². The number of aliphatic hydroxyl groups is 1. The number of anilines is 1. The van der Waals surface area contributed by atoms with Gasteiger partial charge in [-0.25, -0.2) is 0 Å². The lowest BCUT2D eigenvalue weighted by Crippen LogP contribution is -2.34. The van der Waals surface area contributed by atoms with E-state index in [1.807, 2.05) is 0 Å². The summed E-state index contributed by atoms with van der Waals surface area (Å²) in [5, 5.41) is 12.5. The highest BCUT2D eigenvalue weighted by Gasteiger charge is 2.19. The Bertz CT molecular complexity index is 492. The van der Waals surface area contributed by atoms with E-state index in [0.29, 0.717) is 28.6 Å². The standard InChI is InChI=1S/C13H18Br2N2O/c14-9-5-8(13(16)12(15)6-9)7-17-10-1-3-11(18)4-2-10/h5-6,10-11,17-18H,1-4,7,16H2/i7D2. The van der Waals surface area contributed by atoms with Crippen molar-refractivity contribution in [3.63, 3.8) is 0 Å². The summed E-state index contributed by atoms with van der Waals surface area (Å²) in [6.07, 6.45) is 2.73. The van der Waals surface area contributed by atoms with Gasteiger partial charge in [0.15, 0.2) is 0 Å². The Morgan fingerprint density at radius 2 is 2.00 bits per heavy atom. The number of benzene rings is 1. The van der Waals surface area contributed by atoms with Gasteiger partial charge in [0, 0.05) is 24.2 Å². The zero-order valence-corrected chi connectivity index (χ0v) is 13.1. The lowest BCUT2D eigenvalue weighted by atomic mass is 9.93. The first-order valence-electron chi connectivity index (χ1n) is 7.00. The van der Waals surface area contributed by atoms with Gasteiger partial charge in [0.05, 0.1) is 11.8 Å². The van der Waals surface area contributed by atoms with Crippen molar-refractivity contribution in [3.8, 4) is 0 Å². The molecule has 0 radical (unpaired) electrons. The number of aliphatic hydroxyl groups excluding tert-OH is 1. The second kappa shape index (κ2) is 6.37. The number of halogens is 2. The molecule has 0 heterocycles. The van der Waals surface area contributed by atoms with Gasteiger partial charge in [-0.1, -0.05) is 15.9 Å². The molecule has 5 heteroatoms. The molecule has 0 saturated heterocycles. The van der Waals surface area contributed by atoms with Crippen LogP contribution in [0.3, 0.4) is 0 Å². The van der Waals surface area contributed by atoms with Crippen molar-refractivity contribution >= 4 is 37.5 Å². The maximum absolute atomic E-state index is 9.51. The van der Waals surface area contributed by atoms with Crippen molar-refractivity contribution in [1.29, 1.82) is 0 Å². The fourth-order valence-electron chi connectivity index (χ4n) is 2.09. The van der Waals surface area contributed by atoms with Gasteiger partial charge in [0.1, 0.15) is 0 Å². The highest BCUT2D eigenvalue weighted by molar-refractivity contribution is 9.11. The van der Waals surface area contributed by atoms with Crippen molar-refractivity contribution in [2.24, 2.45) is 0 Å². The van der Waals surface area contributed by atoms with Crippen molar-refractivity contribution < 1.29 is 7.85 Å². The molecule has 0 spiro atoms. The molecule has 1 aliphatic rings. The lowest BCUT2D eigenvalue weighted by molar-refractivity contribution is 0.116. The van der Waals surface area contributed by atoms with Crippen LogP contribution in [-0.4, -0.2) is 17.3 Å². The van der Waals surface area contributed by atoms with Crippen LogP contribution in [0.2, 0.25) is 0 Å². The number of nitrogen functional groups attached to an aromatic ring is 1. The molecule has 0 aliphatic heterocycles. The SMILES string of the molecule is [2H]C([2H])(NC1CCC(O)CC1)c1cc(Br)cc(Br)c1N. The van der Waals surface area contributed by atoms with E-state index < -0.39 is 6.50 Å². The first-order valence-corrected chi connectivity index (χ1v) is 7.59. The molecule has 0 amide bonds. The Kier molecular flexibility index (Phi) is 4.14. The molecule has 100 valence electrons. The second-order valence-corrected chi connectivity index (χ2v) is 6.39. The minimum atomic E-state index is -1.71. The van der Waals surface area contributed by atoms with Crippen LogP contribution in [0, 0.1) is 0 Å². The Morgan fingerprint density at radius 3 is 2.67 bits per heavy atom. The van der Waals surface area contributed by atoms with Gasteiger partial charge in [0.2, 0.25) is 0 Å². The average Bonchev–Trinajstić information content (AvgIpc) is 2.36. The fraction of sp³-hybridized carbons (Fsp3) is 0.538. The maximum atomic E-state index is 9.51. The molecule has 1 aliphatic carbocycles. The molecule has 1 saturated carbocycles. The minimum Gasteiger partial charge on any atom is -0.398 e. The number of nitrogens with two attached hydrogens (primary N) is 1. The summed E-state index contributed by atoms with van der Waals surface area (Å²) >= 11 is 6.70. The minimum absolute atomic E-state index is 0.0607. The topological polar surface area (TPSA) is 58.3 Å². The van der Waals surface area contributed by atoms with E-state index in [4.69, 9.17) is 8.48 Å². The molecule has 0 atom stereocenters. The second-order valence-electron chi connectivity index (χ2n) is 4.62. The van der Waals surface area contributed by atoms with Gasteiger partial charge >= 0.3 is 0 Å². The number of hydrogen-bond acceptors (Lipinski definition) is 3. The molecule has 0 bridgehead atoms. The van der Waals surface area contributed by atoms with E-state index in [9.17, 15) is 5.11 Å². The molecule has 2 rings (SSSR count). The smallest absolute Gasteiger partial charge is 0.0541 e. The molecular formula is C13H18Br2N2O. The van der Waals surface area contributed by atoms with E-state index in [1.165, 1.54) is 0 Å². The predicted molar refractivity (Wildman–Crippen MR) is 81.4 cm³/mol. The van der Waals surface area contributed by atoms with Crippen LogP contribution in [0.4, 0.5) is 5.69 Å². The van der Waals surface area contributed by atoms with Gasteiger partial charge < -0.3 is 16.2 Å². The Labute approximate surface area is 127 Å². The third-order valence-corrected chi connectivity index (χ3v) is 4.32. The summed E-state index contributed by atoms with van der Waals surface area (Å²) in [6.45, 7) is -1.71. The van der Waals surface area contributed by atoms with Gasteiger partial charge in [-0.05, 0) is 59.3 Å². The van der Waals surface area contributed by atoms with Gasteiger partial charge in [0.25, 0.3) is 0 Å². The van der Waals surface area contributed by atoms with Gasteiger partial charge in [-0.3, -0.25) is 0 Å². The molecule has 0 aromatic heterocycles. The van der Waals surface area contributed by atoms with Crippen LogP contribution in [0.15, 0.2) is 21.1 Å². The first-order chi connectivity index (χ1) is 9.29. The van der Waals surface area contributed by atoms with Gasteiger partial charge in [-0.15, -0.1) is 0 Å². The zero-order valence-electron chi connectivity index (χ0n) is 11.9. The fourth-order valence-corrected chi connectivity index (χ4v) is 3.31. The van der Waals surface area contributed by atoms with Crippen molar-refractivity contribution in [1.82, 2.24) is 5.32 Å². The summed E-state index contributed by atoms with van der Waals surface area (Å²) in [5.74, 6) is 0. The molecule has 1 fully saturated rings. The largest absolute Gasteiger partial charge is 0.398 e. The molecule has 0 unspecified atom stereocenters. The highest BCUT2D eigenvalue weighted by atomic mass is 79.9. The van der Waals surface area contributed by atoms with Crippen LogP contribution in [0.1, 0.15) is 34.0 Å². The molecule has 18 heavy (non-hydrogen) atoms.